The Bertz CT molecular complexity index is 1460. The van der Waals surface area contributed by atoms with Gasteiger partial charge in [-0.1, -0.05) is 54.6 Å². The van der Waals surface area contributed by atoms with Gasteiger partial charge in [0.25, 0.3) is 0 Å². The summed E-state index contributed by atoms with van der Waals surface area (Å²) in [6.45, 7) is 5.53. The average Bonchev–Trinajstić information content (AvgIpc) is 2.96. The van der Waals surface area contributed by atoms with Crippen molar-refractivity contribution in [3.05, 3.63) is 106 Å². The highest BCUT2D eigenvalue weighted by Crippen LogP contribution is 2.49. The van der Waals surface area contributed by atoms with Gasteiger partial charge < -0.3 is 24.2 Å². The summed E-state index contributed by atoms with van der Waals surface area (Å²) < 4.78 is 26.7. The van der Waals surface area contributed by atoms with E-state index in [0.717, 1.165) is 6.40 Å². The van der Waals surface area contributed by atoms with E-state index in [-0.39, 0.29) is 29.9 Å². The largest absolute Gasteiger partial charge is 0.591 e. The minimum atomic E-state index is -1.62. The number of nitrogens with zero attached hydrogens (tertiary/aromatic N) is 1. The lowest BCUT2D eigenvalue weighted by Crippen LogP contribution is -2.34. The molecule has 4 atom stereocenters. The summed E-state index contributed by atoms with van der Waals surface area (Å²) in [5, 5.41) is 20.0. The topological polar surface area (TPSA) is 146 Å². The molecule has 1 aliphatic rings. The molecule has 3 unspecified atom stereocenters. The number of carbonyl (C=O) groups excluding carboxylic acids is 1. The van der Waals surface area contributed by atoms with Crippen LogP contribution in [0.1, 0.15) is 86.3 Å². The highest BCUT2D eigenvalue weighted by molar-refractivity contribution is 7.91. The number of rotatable bonds is 8. The zero-order valence-corrected chi connectivity index (χ0v) is 23.7. The SMILES string of the molecule is CC(C)(C)[S@@+]([O-])/N=C/OC(=O)c1ccccc1C1COCC(c2ccccc2C(=O)O)C1c1ccccc1C(=O)O. The molecule has 0 saturated carbocycles. The van der Waals surface area contributed by atoms with Crippen LogP contribution >= 0.6 is 0 Å². The second-order valence-electron chi connectivity index (χ2n) is 10.6. The fourth-order valence-corrected chi connectivity index (χ4v) is 5.58. The predicted octanol–water partition coefficient (Wildman–Crippen LogP) is 5.41. The highest BCUT2D eigenvalue weighted by Gasteiger charge is 2.41. The third-order valence-electron chi connectivity index (χ3n) is 7.01. The molecule has 4 rings (SSSR count). The van der Waals surface area contributed by atoms with Crippen LogP contribution in [0, 0.1) is 0 Å². The normalized spacial score (nSPS) is 20.0. The summed E-state index contributed by atoms with van der Waals surface area (Å²) in [5.74, 6) is -4.60. The van der Waals surface area contributed by atoms with E-state index in [1.165, 1.54) is 12.1 Å². The van der Waals surface area contributed by atoms with Crippen molar-refractivity contribution in [2.45, 2.75) is 43.3 Å². The second kappa shape index (κ2) is 12.7. The van der Waals surface area contributed by atoms with Crippen LogP contribution in [0.15, 0.2) is 77.2 Å². The molecule has 0 aromatic heterocycles. The van der Waals surface area contributed by atoms with Crippen molar-refractivity contribution in [1.82, 2.24) is 0 Å². The Morgan fingerprint density at radius 3 is 1.78 bits per heavy atom. The lowest BCUT2D eigenvalue weighted by atomic mass is 9.68. The first-order valence-electron chi connectivity index (χ1n) is 13.0. The smallest absolute Gasteiger partial charge is 0.344 e. The van der Waals surface area contributed by atoms with Crippen LogP contribution in [0.4, 0.5) is 0 Å². The average molecular weight is 578 g/mol. The Hall–Kier alpha value is -3.99. The summed E-state index contributed by atoms with van der Waals surface area (Å²) in [6.07, 6.45) is 0.876. The lowest BCUT2D eigenvalue weighted by molar-refractivity contribution is 0.0474. The van der Waals surface area contributed by atoms with Crippen molar-refractivity contribution in [2.75, 3.05) is 13.2 Å². The third kappa shape index (κ3) is 6.67. The van der Waals surface area contributed by atoms with Crippen LogP contribution in [0.5, 0.6) is 0 Å². The molecule has 0 aliphatic carbocycles. The van der Waals surface area contributed by atoms with Gasteiger partial charge in [0.2, 0.25) is 6.40 Å². The summed E-state index contributed by atoms with van der Waals surface area (Å²) >= 11 is -1.62. The molecule has 1 aliphatic heterocycles. The Balaban J connectivity index is 1.82. The first-order valence-corrected chi connectivity index (χ1v) is 14.1. The molecule has 2 N–H and O–H groups in total. The lowest BCUT2D eigenvalue weighted by Gasteiger charge is -2.40. The number of hydrogen-bond acceptors (Lipinski definition) is 7. The van der Waals surface area contributed by atoms with Crippen LogP contribution in [0.3, 0.4) is 0 Å². The molecule has 9 nitrogen and oxygen atoms in total. The molecule has 0 radical (unpaired) electrons. The minimum absolute atomic E-state index is 0.0825. The Morgan fingerprint density at radius 2 is 1.27 bits per heavy atom. The van der Waals surface area contributed by atoms with E-state index >= 15 is 0 Å². The number of aromatic carboxylic acids is 2. The van der Waals surface area contributed by atoms with Gasteiger partial charge in [0.1, 0.15) is 16.1 Å². The van der Waals surface area contributed by atoms with Crippen LogP contribution in [-0.2, 0) is 20.8 Å². The number of benzene rings is 3. The van der Waals surface area contributed by atoms with E-state index in [1.54, 1.807) is 81.4 Å². The zero-order chi connectivity index (χ0) is 29.7. The molecule has 0 amide bonds. The Kier molecular flexibility index (Phi) is 9.27. The molecule has 1 fully saturated rings. The monoisotopic (exact) mass is 577 g/mol. The van der Waals surface area contributed by atoms with E-state index in [9.17, 15) is 29.1 Å². The van der Waals surface area contributed by atoms with Gasteiger partial charge in [-0.2, -0.15) is 0 Å². The van der Waals surface area contributed by atoms with Gasteiger partial charge in [-0.25, -0.2) is 14.4 Å². The number of carboxylic acid groups (broad SMARTS) is 2. The van der Waals surface area contributed by atoms with E-state index in [4.69, 9.17) is 9.47 Å². The summed E-state index contributed by atoms with van der Waals surface area (Å²) in [5.41, 5.74) is 1.94. The maximum atomic E-state index is 13.2. The molecule has 41 heavy (non-hydrogen) atoms. The summed E-state index contributed by atoms with van der Waals surface area (Å²) in [4.78, 5) is 37.7. The van der Waals surface area contributed by atoms with Gasteiger partial charge in [-0.15, -0.1) is 0 Å². The van der Waals surface area contributed by atoms with Crippen molar-refractivity contribution < 1.29 is 38.6 Å². The number of carboxylic acids is 2. The van der Waals surface area contributed by atoms with Crippen molar-refractivity contribution >= 4 is 35.7 Å². The zero-order valence-electron chi connectivity index (χ0n) is 22.9. The third-order valence-corrected chi connectivity index (χ3v) is 8.33. The first-order chi connectivity index (χ1) is 19.5. The standard InChI is InChI=1S/C31H31NO8S/c1-31(2,3)41(38)32-18-40-30(37)24-15-9-5-11-20(24)26-17-39-16-25(19-10-4-7-13-22(19)28(33)34)27(26)21-12-6-8-14-23(21)29(35)36/h4-15,18,25-27H,16-17H2,1-3H3,(H,33,34)(H,35,36)/b32-18+/t25?,26?,27?,41-/m1/s1. The van der Waals surface area contributed by atoms with Crippen molar-refractivity contribution in [2.24, 2.45) is 4.40 Å². The molecule has 3 aromatic rings. The van der Waals surface area contributed by atoms with Crippen LogP contribution < -0.4 is 0 Å². The van der Waals surface area contributed by atoms with Crippen molar-refractivity contribution in [3.63, 3.8) is 0 Å². The number of carbonyl (C=O) groups is 3. The molecule has 10 heteroatoms. The van der Waals surface area contributed by atoms with Crippen LogP contribution in [0.25, 0.3) is 0 Å². The number of esters is 1. The van der Waals surface area contributed by atoms with E-state index in [0.29, 0.717) is 16.7 Å². The van der Waals surface area contributed by atoms with Crippen LogP contribution in [-0.4, -0.2) is 57.0 Å². The number of hydrogen-bond donors (Lipinski definition) is 2. The molecule has 1 saturated heterocycles. The maximum absolute atomic E-state index is 13.2. The van der Waals surface area contributed by atoms with Gasteiger partial charge in [0.05, 0.1) is 29.9 Å². The second-order valence-corrected chi connectivity index (χ2v) is 12.6. The molecular formula is C31H31NO8S. The van der Waals surface area contributed by atoms with E-state index < -0.39 is 51.8 Å². The first kappa shape index (κ1) is 30.0. The van der Waals surface area contributed by atoms with Crippen molar-refractivity contribution in [1.29, 1.82) is 0 Å². The predicted molar refractivity (Wildman–Crippen MR) is 154 cm³/mol. The van der Waals surface area contributed by atoms with Gasteiger partial charge in [0, 0.05) is 17.8 Å². The fraction of sp³-hybridized carbons (Fsp3) is 0.290. The highest BCUT2D eigenvalue weighted by atomic mass is 32.2. The van der Waals surface area contributed by atoms with Gasteiger partial charge in [-0.3, -0.25) is 0 Å². The molecule has 1 heterocycles. The fourth-order valence-electron chi connectivity index (χ4n) is 5.14. The molecule has 0 spiro atoms. The molecule has 3 aromatic carbocycles. The van der Waals surface area contributed by atoms with Gasteiger partial charge in [-0.05, 0) is 60.1 Å². The van der Waals surface area contributed by atoms with Gasteiger partial charge >= 0.3 is 17.9 Å². The van der Waals surface area contributed by atoms with E-state index in [2.05, 4.69) is 4.40 Å². The molecule has 214 valence electrons. The Morgan fingerprint density at radius 1 is 0.829 bits per heavy atom. The summed E-state index contributed by atoms with van der Waals surface area (Å²) in [6, 6.07) is 19.9. The van der Waals surface area contributed by atoms with Crippen LogP contribution in [0.2, 0.25) is 0 Å². The van der Waals surface area contributed by atoms with Gasteiger partial charge in [0.15, 0.2) is 0 Å². The Labute approximate surface area is 241 Å². The van der Waals surface area contributed by atoms with E-state index in [1.807, 2.05) is 0 Å². The molecule has 0 bridgehead atoms. The number of ether oxygens (including phenoxy) is 2. The quantitative estimate of drug-likeness (QED) is 0.156. The maximum Gasteiger partial charge on any atom is 0.344 e. The minimum Gasteiger partial charge on any atom is -0.591 e. The van der Waals surface area contributed by atoms with Crippen molar-refractivity contribution in [3.8, 4) is 0 Å². The summed E-state index contributed by atoms with van der Waals surface area (Å²) in [7, 11) is 0. The molecular weight excluding hydrogens is 546 g/mol.